The topological polar surface area (TPSA) is 26.3 Å². The number of carbonyl (C=O) groups is 1. The van der Waals surface area contributed by atoms with Gasteiger partial charge in [0.15, 0.2) is 0 Å². The van der Waals surface area contributed by atoms with Gasteiger partial charge in [-0.2, -0.15) is 0 Å². The number of hydrogen-bond acceptors (Lipinski definition) is 2. The first-order chi connectivity index (χ1) is 6.58. The van der Waals surface area contributed by atoms with Gasteiger partial charge in [0, 0.05) is 0 Å². The molecule has 1 heterocycles. The molecule has 2 rings (SSSR count). The lowest BCUT2D eigenvalue weighted by molar-refractivity contribution is -0.199. The Morgan fingerprint density at radius 3 is 2.00 bits per heavy atom. The lowest BCUT2D eigenvalue weighted by Crippen LogP contribution is -2.73. The molecule has 0 aromatic heterocycles. The smallest absolute Gasteiger partial charge is 0.316 e. The summed E-state index contributed by atoms with van der Waals surface area (Å²) < 4.78 is 5.62. The van der Waals surface area contributed by atoms with Gasteiger partial charge in [0.1, 0.15) is 18.7 Å². The molecule has 0 radical (unpaired) electrons. The summed E-state index contributed by atoms with van der Waals surface area (Å²) in [7, 11) is -1.60. The van der Waals surface area contributed by atoms with Crippen molar-refractivity contribution in [2.75, 3.05) is 0 Å². The lowest BCUT2D eigenvalue weighted by Gasteiger charge is -2.58. The molecule has 1 atom stereocenters. The number of ether oxygens (including phenoxy) is 1. The van der Waals surface area contributed by atoms with Crippen LogP contribution in [0.25, 0.3) is 0 Å². The van der Waals surface area contributed by atoms with Crippen molar-refractivity contribution in [3.63, 3.8) is 0 Å². The number of hydrogen-bond donors (Lipinski definition) is 0. The maximum Gasteiger partial charge on any atom is 0.316 e. The van der Waals surface area contributed by atoms with E-state index >= 15 is 0 Å². The average Bonchev–Trinajstić information content (AvgIpc) is 2.82. The zero-order valence-electron chi connectivity index (χ0n) is 10.7. The van der Waals surface area contributed by atoms with Gasteiger partial charge in [-0.15, -0.1) is 0 Å². The Morgan fingerprint density at radius 1 is 1.27 bits per heavy atom. The van der Waals surface area contributed by atoms with E-state index in [1.165, 1.54) is 0 Å². The molecule has 2 aliphatic rings. The van der Waals surface area contributed by atoms with Crippen LogP contribution in [0.4, 0.5) is 0 Å². The van der Waals surface area contributed by atoms with Crippen molar-refractivity contribution in [1.82, 2.24) is 0 Å². The monoisotopic (exact) mass is 226 g/mol. The highest BCUT2D eigenvalue weighted by atomic mass is 28.3. The molecule has 0 aromatic carbocycles. The van der Waals surface area contributed by atoms with Crippen LogP contribution in [0, 0.1) is 5.41 Å². The zero-order valence-corrected chi connectivity index (χ0v) is 11.7. The molecule has 1 unspecified atom stereocenters. The molecule has 0 aromatic rings. The van der Waals surface area contributed by atoms with Crippen molar-refractivity contribution in [3.05, 3.63) is 0 Å². The van der Waals surface area contributed by atoms with Crippen molar-refractivity contribution >= 4 is 14.0 Å². The minimum atomic E-state index is -1.60. The molecule has 1 spiro atoms. The normalized spacial score (nSPS) is 33.6. The molecule has 0 N–H and O–H groups in total. The van der Waals surface area contributed by atoms with E-state index in [9.17, 15) is 4.79 Å². The highest BCUT2D eigenvalue weighted by molar-refractivity contribution is 6.83. The van der Waals surface area contributed by atoms with E-state index in [1.54, 1.807) is 0 Å². The van der Waals surface area contributed by atoms with Crippen molar-refractivity contribution in [1.29, 1.82) is 0 Å². The summed E-state index contributed by atoms with van der Waals surface area (Å²) in [6.07, 6.45) is 2.10. The van der Waals surface area contributed by atoms with E-state index in [1.807, 2.05) is 0 Å². The molecular weight excluding hydrogens is 204 g/mol. The molecule has 1 aliphatic carbocycles. The van der Waals surface area contributed by atoms with Crippen LogP contribution in [-0.4, -0.2) is 19.3 Å². The SMILES string of the molecule is CC(C)(C)[Si](C)(C)C1(C)OC(=O)C12CC2. The number of cyclic esters (lactones) is 1. The standard InChI is InChI=1S/C12H22O2Si/c1-10(2,3)15(5,6)11(4)12(7-8-12)9(13)14-11/h7-8H2,1-6H3. The first kappa shape index (κ1) is 11.2. The van der Waals surface area contributed by atoms with Gasteiger partial charge in [-0.3, -0.25) is 4.79 Å². The van der Waals surface area contributed by atoms with Gasteiger partial charge in [0.05, 0.1) is 0 Å². The van der Waals surface area contributed by atoms with E-state index < -0.39 is 8.07 Å². The van der Waals surface area contributed by atoms with Crippen molar-refractivity contribution < 1.29 is 9.53 Å². The molecule has 0 amide bonds. The average molecular weight is 226 g/mol. The minimum Gasteiger partial charge on any atom is -0.462 e. The fourth-order valence-corrected chi connectivity index (χ4v) is 6.10. The van der Waals surface area contributed by atoms with Gasteiger partial charge in [-0.25, -0.2) is 0 Å². The highest BCUT2D eigenvalue weighted by Crippen LogP contribution is 2.68. The van der Waals surface area contributed by atoms with Crippen LogP contribution < -0.4 is 0 Å². The number of esters is 1. The Balaban J connectivity index is 2.36. The van der Waals surface area contributed by atoms with Crippen LogP contribution in [0.1, 0.15) is 40.5 Å². The molecule has 0 bridgehead atoms. The van der Waals surface area contributed by atoms with Gasteiger partial charge in [-0.1, -0.05) is 33.9 Å². The number of carbonyl (C=O) groups excluding carboxylic acids is 1. The molecule has 1 saturated carbocycles. The summed E-state index contributed by atoms with van der Waals surface area (Å²) >= 11 is 0. The van der Waals surface area contributed by atoms with E-state index in [0.29, 0.717) is 0 Å². The Bertz CT molecular complexity index is 323. The second-order valence-corrected chi connectivity index (χ2v) is 12.6. The summed E-state index contributed by atoms with van der Waals surface area (Å²) in [6, 6.07) is 0. The molecule has 1 aliphatic heterocycles. The predicted octanol–water partition coefficient (Wildman–Crippen LogP) is 3.13. The third kappa shape index (κ3) is 1.03. The van der Waals surface area contributed by atoms with Gasteiger partial charge in [-0.05, 0) is 24.8 Å². The molecule has 15 heavy (non-hydrogen) atoms. The van der Waals surface area contributed by atoms with Gasteiger partial charge in [0.2, 0.25) is 0 Å². The maximum absolute atomic E-state index is 11.6. The van der Waals surface area contributed by atoms with Crippen molar-refractivity contribution in [2.45, 2.75) is 63.9 Å². The highest BCUT2D eigenvalue weighted by Gasteiger charge is 2.79. The quantitative estimate of drug-likeness (QED) is 0.507. The van der Waals surface area contributed by atoms with Gasteiger partial charge in [0.25, 0.3) is 0 Å². The maximum atomic E-state index is 11.6. The third-order valence-corrected chi connectivity index (χ3v) is 12.1. The number of rotatable bonds is 1. The van der Waals surface area contributed by atoms with Crippen LogP contribution in [0.15, 0.2) is 0 Å². The summed E-state index contributed by atoms with van der Waals surface area (Å²) in [5.41, 5.74) is -0.0734. The second kappa shape index (κ2) is 2.50. The van der Waals surface area contributed by atoms with Gasteiger partial charge < -0.3 is 4.74 Å². The summed E-state index contributed by atoms with van der Waals surface area (Å²) in [5, 5.41) is 0.146. The summed E-state index contributed by atoms with van der Waals surface area (Å²) in [5.74, 6) is 0.0647. The van der Waals surface area contributed by atoms with Crippen LogP contribution in [0.5, 0.6) is 0 Å². The fourth-order valence-electron chi connectivity index (χ4n) is 2.78. The van der Waals surface area contributed by atoms with E-state index in [4.69, 9.17) is 4.74 Å². The van der Waals surface area contributed by atoms with Crippen LogP contribution in [0.3, 0.4) is 0 Å². The molecule has 2 fully saturated rings. The largest absolute Gasteiger partial charge is 0.462 e. The van der Waals surface area contributed by atoms with E-state index in [0.717, 1.165) is 12.8 Å². The third-order valence-electron chi connectivity index (χ3n) is 5.42. The predicted molar refractivity (Wildman–Crippen MR) is 63.4 cm³/mol. The van der Waals surface area contributed by atoms with Crippen LogP contribution in [-0.2, 0) is 9.53 Å². The Morgan fingerprint density at radius 2 is 1.73 bits per heavy atom. The first-order valence-corrected chi connectivity index (χ1v) is 8.82. The summed E-state index contributed by atoms with van der Waals surface area (Å²) in [4.78, 5) is 11.6. The second-order valence-electron chi connectivity index (χ2n) is 6.88. The van der Waals surface area contributed by atoms with E-state index in [2.05, 4.69) is 40.8 Å². The van der Waals surface area contributed by atoms with Crippen molar-refractivity contribution in [3.8, 4) is 0 Å². The Labute approximate surface area is 93.4 Å². The summed E-state index contributed by atoms with van der Waals surface area (Å²) in [6.45, 7) is 13.8. The molecular formula is C12H22O2Si. The van der Waals surface area contributed by atoms with Crippen LogP contribution >= 0.6 is 0 Å². The Hall–Kier alpha value is -0.313. The minimum absolute atomic E-state index is 0.0647. The molecule has 2 nitrogen and oxygen atoms in total. The van der Waals surface area contributed by atoms with Crippen LogP contribution in [0.2, 0.25) is 18.1 Å². The van der Waals surface area contributed by atoms with Gasteiger partial charge >= 0.3 is 5.97 Å². The first-order valence-electron chi connectivity index (χ1n) is 5.82. The lowest BCUT2D eigenvalue weighted by atomic mass is 9.94. The van der Waals surface area contributed by atoms with Crippen molar-refractivity contribution in [2.24, 2.45) is 5.41 Å². The molecule has 86 valence electrons. The fraction of sp³-hybridized carbons (Fsp3) is 0.917. The molecule has 1 saturated heterocycles. The molecule has 3 heteroatoms. The van der Waals surface area contributed by atoms with E-state index in [-0.39, 0.29) is 21.6 Å². The zero-order chi connectivity index (χ0) is 11.7. The Kier molecular flexibility index (Phi) is 1.86.